The summed E-state index contributed by atoms with van der Waals surface area (Å²) in [6, 6.07) is 22.2. The van der Waals surface area contributed by atoms with Crippen LogP contribution in [0.2, 0.25) is 10.0 Å². The summed E-state index contributed by atoms with van der Waals surface area (Å²) >= 11 is 12.2. The van der Waals surface area contributed by atoms with E-state index in [1.54, 1.807) is 61.6 Å². The van der Waals surface area contributed by atoms with Gasteiger partial charge in [-0.15, -0.1) is 0 Å². The normalized spacial score (nSPS) is 15.8. The Kier molecular flexibility index (Phi) is 8.81. The number of benzene rings is 4. The number of aliphatic imine (C=N–C) groups is 2. The van der Waals surface area contributed by atoms with E-state index in [-0.39, 0.29) is 29.4 Å². The standard InChI is InChI=1S/C16H12FN3O3.C15H10Cl2N2O2/c1-19-14-7-6-10(20(22)23)8-12(14)16(18-9-15(19)21)11-4-2-3-5-13(11)17;16-8-5-6-12-10(7-8)13(19-15(21)14(20)18-12)9-3-1-2-4-11(9)17/h2-8H,9H2,1H3;1-7,15,21H,(H,18,20). The molecule has 10 nitrogen and oxygen atoms in total. The van der Waals surface area contributed by atoms with Crippen LogP contribution in [0.25, 0.3) is 0 Å². The molecular weight excluding hydrogens is 612 g/mol. The van der Waals surface area contributed by atoms with Crippen LogP contribution in [0.15, 0.2) is 94.9 Å². The zero-order valence-electron chi connectivity index (χ0n) is 22.9. The largest absolute Gasteiger partial charge is 0.364 e. The average Bonchev–Trinajstić information content (AvgIpc) is 3.21. The van der Waals surface area contributed by atoms with E-state index in [0.29, 0.717) is 43.8 Å². The summed E-state index contributed by atoms with van der Waals surface area (Å²) in [7, 11) is 1.56. The van der Waals surface area contributed by atoms with Gasteiger partial charge in [0.1, 0.15) is 12.4 Å². The van der Waals surface area contributed by atoms with Gasteiger partial charge in [0.25, 0.3) is 11.6 Å². The van der Waals surface area contributed by atoms with Crippen molar-refractivity contribution in [2.75, 3.05) is 23.8 Å². The molecule has 0 saturated carbocycles. The van der Waals surface area contributed by atoms with Crippen molar-refractivity contribution in [1.29, 1.82) is 0 Å². The number of rotatable bonds is 3. The van der Waals surface area contributed by atoms with E-state index < -0.39 is 22.9 Å². The van der Waals surface area contributed by atoms with Crippen LogP contribution in [0.3, 0.4) is 0 Å². The van der Waals surface area contributed by atoms with E-state index in [1.807, 2.05) is 0 Å². The molecule has 0 bridgehead atoms. The summed E-state index contributed by atoms with van der Waals surface area (Å²) in [4.78, 5) is 44.0. The van der Waals surface area contributed by atoms with E-state index in [4.69, 9.17) is 23.2 Å². The fraction of sp³-hybridized carbons (Fsp3) is 0.0968. The fourth-order valence-corrected chi connectivity index (χ4v) is 5.01. The first-order valence-electron chi connectivity index (χ1n) is 13.0. The Hall–Kier alpha value is -4.97. The molecule has 222 valence electrons. The number of nitro groups is 1. The van der Waals surface area contributed by atoms with Gasteiger partial charge in [-0.3, -0.25) is 24.7 Å². The Morgan fingerprint density at radius 1 is 0.932 bits per heavy atom. The number of carbonyl (C=O) groups is 2. The second-order valence-corrected chi connectivity index (χ2v) is 10.4. The number of nitro benzene ring substituents is 1. The summed E-state index contributed by atoms with van der Waals surface area (Å²) in [5.74, 6) is -1.37. The molecule has 2 amide bonds. The molecule has 1 unspecified atom stereocenters. The zero-order valence-corrected chi connectivity index (χ0v) is 24.4. The van der Waals surface area contributed by atoms with E-state index >= 15 is 0 Å². The van der Waals surface area contributed by atoms with Crippen LogP contribution in [0.5, 0.6) is 0 Å². The molecule has 13 heteroatoms. The van der Waals surface area contributed by atoms with Crippen molar-refractivity contribution in [1.82, 2.24) is 0 Å². The molecule has 4 aromatic rings. The van der Waals surface area contributed by atoms with Crippen LogP contribution in [0.1, 0.15) is 22.3 Å². The molecule has 2 aliphatic heterocycles. The van der Waals surface area contributed by atoms with Gasteiger partial charge in [0.05, 0.1) is 27.7 Å². The quantitative estimate of drug-likeness (QED) is 0.222. The number of anilines is 2. The molecule has 0 fully saturated rings. The molecule has 6 rings (SSSR count). The molecule has 1 atom stereocenters. The third-order valence-corrected chi connectivity index (χ3v) is 7.36. The van der Waals surface area contributed by atoms with Gasteiger partial charge in [-0.05, 0) is 42.5 Å². The number of amides is 2. The fourth-order valence-electron chi connectivity index (χ4n) is 4.61. The Balaban J connectivity index is 0.000000175. The zero-order chi connectivity index (χ0) is 31.5. The van der Waals surface area contributed by atoms with Crippen molar-refractivity contribution in [3.8, 4) is 0 Å². The Bertz CT molecular complexity index is 1880. The minimum atomic E-state index is -1.50. The maximum atomic E-state index is 14.1. The monoisotopic (exact) mass is 633 g/mol. The number of aliphatic hydroxyl groups is 1. The van der Waals surface area contributed by atoms with Crippen molar-refractivity contribution in [2.45, 2.75) is 6.23 Å². The molecule has 2 N–H and O–H groups in total. The highest BCUT2D eigenvalue weighted by atomic mass is 35.5. The summed E-state index contributed by atoms with van der Waals surface area (Å²) < 4.78 is 14.1. The molecule has 0 aromatic heterocycles. The lowest BCUT2D eigenvalue weighted by Crippen LogP contribution is -2.27. The maximum absolute atomic E-state index is 14.1. The van der Waals surface area contributed by atoms with E-state index in [2.05, 4.69) is 15.3 Å². The van der Waals surface area contributed by atoms with Gasteiger partial charge in [0.15, 0.2) is 0 Å². The predicted octanol–water partition coefficient (Wildman–Crippen LogP) is 5.65. The first-order chi connectivity index (χ1) is 21.0. The minimum absolute atomic E-state index is 0.143. The highest BCUT2D eigenvalue weighted by molar-refractivity contribution is 6.37. The average molecular weight is 634 g/mol. The lowest BCUT2D eigenvalue weighted by atomic mass is 9.99. The van der Waals surface area contributed by atoms with Crippen LogP contribution >= 0.6 is 23.2 Å². The SMILES string of the molecule is CN1C(=O)CN=C(c2ccccc2F)c2cc([N+](=O)[O-])ccc21.O=C1Nc2ccc(Cl)cc2C(c2ccccc2Cl)=NC1O. The first-order valence-corrected chi connectivity index (χ1v) is 13.8. The minimum Gasteiger partial charge on any atom is -0.364 e. The van der Waals surface area contributed by atoms with E-state index in [0.717, 1.165) is 0 Å². The third kappa shape index (κ3) is 6.20. The van der Waals surface area contributed by atoms with Crippen LogP contribution in [0.4, 0.5) is 21.5 Å². The van der Waals surface area contributed by atoms with Gasteiger partial charge in [0.2, 0.25) is 12.1 Å². The van der Waals surface area contributed by atoms with Gasteiger partial charge in [-0.2, -0.15) is 0 Å². The number of halogens is 3. The summed E-state index contributed by atoms with van der Waals surface area (Å²) in [6.45, 7) is -0.150. The second-order valence-electron chi connectivity index (χ2n) is 9.57. The van der Waals surface area contributed by atoms with Crippen LogP contribution < -0.4 is 10.2 Å². The molecule has 0 spiro atoms. The second kappa shape index (κ2) is 12.7. The van der Waals surface area contributed by atoms with Crippen molar-refractivity contribution in [3.63, 3.8) is 0 Å². The summed E-state index contributed by atoms with van der Waals surface area (Å²) in [5.41, 5.74) is 3.30. The lowest BCUT2D eigenvalue weighted by molar-refractivity contribution is -0.384. The number of non-ortho nitro benzene ring substituents is 1. The number of hydrogen-bond donors (Lipinski definition) is 2. The van der Waals surface area contributed by atoms with E-state index in [9.17, 15) is 29.2 Å². The molecule has 0 saturated heterocycles. The molecule has 2 aliphatic rings. The number of nitrogens with zero attached hydrogens (tertiary/aromatic N) is 4. The van der Waals surface area contributed by atoms with Crippen LogP contribution in [0, 0.1) is 15.9 Å². The number of carbonyl (C=O) groups excluding carboxylic acids is 2. The number of benzodiazepines with no additional fused rings is 2. The van der Waals surface area contributed by atoms with Crippen LogP contribution in [-0.4, -0.2) is 53.1 Å². The Morgan fingerprint density at radius 2 is 1.64 bits per heavy atom. The number of nitrogens with one attached hydrogen (secondary N) is 1. The smallest absolute Gasteiger partial charge is 0.276 e. The number of aliphatic hydroxyl groups excluding tert-OH is 1. The molecule has 0 aliphatic carbocycles. The van der Waals surface area contributed by atoms with Gasteiger partial charge in [-0.25, -0.2) is 9.38 Å². The van der Waals surface area contributed by atoms with Crippen molar-refractivity contribution < 1.29 is 24.0 Å². The summed E-state index contributed by atoms with van der Waals surface area (Å²) in [6.07, 6.45) is -1.50. The van der Waals surface area contributed by atoms with Crippen LogP contribution in [-0.2, 0) is 9.59 Å². The van der Waals surface area contributed by atoms with Gasteiger partial charge < -0.3 is 15.3 Å². The predicted molar refractivity (Wildman–Crippen MR) is 167 cm³/mol. The Morgan fingerprint density at radius 3 is 2.34 bits per heavy atom. The molecule has 0 radical (unpaired) electrons. The number of hydrogen-bond acceptors (Lipinski definition) is 7. The molecule has 2 heterocycles. The molecular formula is C31H22Cl2FN5O5. The van der Waals surface area contributed by atoms with E-state index in [1.165, 1.54) is 35.2 Å². The first kappa shape index (κ1) is 30.5. The highest BCUT2D eigenvalue weighted by Gasteiger charge is 2.27. The van der Waals surface area contributed by atoms with Crippen molar-refractivity contribution in [3.05, 3.63) is 133 Å². The number of fused-ring (bicyclic) bond motifs is 2. The summed E-state index contributed by atoms with van der Waals surface area (Å²) in [5, 5.41) is 24.5. The maximum Gasteiger partial charge on any atom is 0.276 e. The van der Waals surface area contributed by atoms with Gasteiger partial charge in [0, 0.05) is 51.5 Å². The lowest BCUT2D eigenvalue weighted by Gasteiger charge is -2.17. The topological polar surface area (TPSA) is 138 Å². The molecule has 4 aromatic carbocycles. The highest BCUT2D eigenvalue weighted by Crippen LogP contribution is 2.31. The number of likely N-dealkylation sites (N-methyl/N-ethyl adjacent to an activating group) is 1. The van der Waals surface area contributed by atoms with Gasteiger partial charge >= 0.3 is 0 Å². The third-order valence-electron chi connectivity index (χ3n) is 6.79. The Labute approximate surface area is 260 Å². The van der Waals surface area contributed by atoms with Gasteiger partial charge in [-0.1, -0.05) is 53.5 Å². The molecule has 44 heavy (non-hydrogen) atoms. The van der Waals surface area contributed by atoms with Crippen molar-refractivity contribution >= 4 is 63.5 Å². The van der Waals surface area contributed by atoms with Crippen molar-refractivity contribution in [2.24, 2.45) is 9.98 Å².